The summed E-state index contributed by atoms with van der Waals surface area (Å²) in [5, 5.41) is 19.4. The Morgan fingerprint density at radius 1 is 0.312 bits per heavy atom. The van der Waals surface area contributed by atoms with Gasteiger partial charge in [0.15, 0.2) is 11.5 Å². The molecule has 0 spiro atoms. The molecule has 0 radical (unpaired) electrons. The zero-order chi connectivity index (χ0) is 34.0. The van der Waals surface area contributed by atoms with Crippen LogP contribution in [0.3, 0.4) is 0 Å². The van der Waals surface area contributed by atoms with E-state index in [4.69, 9.17) is 67.1 Å². The van der Waals surface area contributed by atoms with Crippen molar-refractivity contribution in [3.8, 4) is 11.5 Å². The summed E-state index contributed by atoms with van der Waals surface area (Å²) in [5.41, 5.74) is 0. The van der Waals surface area contributed by atoms with Gasteiger partial charge in [-0.3, -0.25) is 0 Å². The topological polar surface area (TPSA) is 151 Å². The van der Waals surface area contributed by atoms with Crippen molar-refractivity contribution >= 4 is 10.8 Å². The largest absolute Gasteiger partial charge is 0.487 e. The zero-order valence-corrected chi connectivity index (χ0v) is 28.2. The van der Waals surface area contributed by atoms with Crippen LogP contribution in [0, 0.1) is 0 Å². The summed E-state index contributed by atoms with van der Waals surface area (Å²) < 4.78 is 66.2. The van der Waals surface area contributed by atoms with Crippen LogP contribution in [0.2, 0.25) is 0 Å². The maximum absolute atomic E-state index is 8.62. The molecule has 0 saturated heterocycles. The number of rotatable bonds is 36. The average molecular weight is 689 g/mol. The molecule has 0 atom stereocenters. The van der Waals surface area contributed by atoms with E-state index in [0.29, 0.717) is 157 Å². The summed E-state index contributed by atoms with van der Waals surface area (Å²) in [6.45, 7) is 9.81. The fourth-order valence-electron chi connectivity index (χ4n) is 3.94. The van der Waals surface area contributed by atoms with E-state index in [9.17, 15) is 0 Å². The van der Waals surface area contributed by atoms with E-state index in [1.807, 2.05) is 36.4 Å². The molecule has 0 aliphatic carbocycles. The third kappa shape index (κ3) is 23.2. The van der Waals surface area contributed by atoms with Gasteiger partial charge < -0.3 is 67.1 Å². The maximum atomic E-state index is 8.62. The van der Waals surface area contributed by atoms with E-state index in [2.05, 4.69) is 0 Å². The van der Waals surface area contributed by atoms with Crippen LogP contribution in [0.4, 0.5) is 0 Å². The van der Waals surface area contributed by atoms with Crippen molar-refractivity contribution in [1.82, 2.24) is 0 Å². The molecule has 0 unspecified atom stereocenters. The average Bonchev–Trinajstić information content (AvgIpc) is 3.11. The Labute approximate surface area is 284 Å². The fraction of sp³-hybridized carbons (Fsp3) is 0.706. The van der Waals surface area contributed by atoms with Gasteiger partial charge in [0, 0.05) is 0 Å². The quantitative estimate of drug-likeness (QED) is 0.100. The normalized spacial score (nSPS) is 11.5. The number of aliphatic hydroxyl groups excluding tert-OH is 2. The second-order valence-corrected chi connectivity index (χ2v) is 9.91. The lowest BCUT2D eigenvalue weighted by Crippen LogP contribution is -2.15. The first kappa shape index (κ1) is 42.0. The molecule has 14 nitrogen and oxygen atoms in total. The summed E-state index contributed by atoms with van der Waals surface area (Å²) in [4.78, 5) is 0. The first-order chi connectivity index (χ1) is 23.8. The molecule has 0 aromatic heterocycles. The maximum Gasteiger partial charge on any atom is 0.161 e. The third-order valence-corrected chi connectivity index (χ3v) is 6.23. The third-order valence-electron chi connectivity index (χ3n) is 6.23. The molecular weight excluding hydrogens is 632 g/mol. The first-order valence-electron chi connectivity index (χ1n) is 16.6. The highest BCUT2D eigenvalue weighted by atomic mass is 16.6. The summed E-state index contributed by atoms with van der Waals surface area (Å²) in [6.07, 6.45) is 0. The SMILES string of the molecule is OCCOCCOCCOCCOCCOCCOc1cc2ccccc2cc1OCCOCCOCCOCCOCCOCCO. The highest BCUT2D eigenvalue weighted by Gasteiger charge is 2.08. The Kier molecular flexibility index (Phi) is 28.0. The van der Waals surface area contributed by atoms with Gasteiger partial charge >= 0.3 is 0 Å². The van der Waals surface area contributed by atoms with E-state index < -0.39 is 0 Å². The van der Waals surface area contributed by atoms with Crippen molar-refractivity contribution in [2.45, 2.75) is 0 Å². The lowest BCUT2D eigenvalue weighted by Gasteiger charge is -2.15. The number of hydrogen-bond acceptors (Lipinski definition) is 14. The van der Waals surface area contributed by atoms with E-state index in [0.717, 1.165) is 10.8 Å². The van der Waals surface area contributed by atoms with Gasteiger partial charge in [-0.2, -0.15) is 0 Å². The van der Waals surface area contributed by atoms with Crippen molar-refractivity contribution in [2.75, 3.05) is 159 Å². The highest BCUT2D eigenvalue weighted by Crippen LogP contribution is 2.32. The monoisotopic (exact) mass is 688 g/mol. The molecule has 0 aliphatic rings. The molecule has 2 aromatic carbocycles. The fourth-order valence-corrected chi connectivity index (χ4v) is 3.94. The van der Waals surface area contributed by atoms with E-state index in [1.165, 1.54) is 0 Å². The molecule has 0 fully saturated rings. The Bertz CT molecular complexity index is 906. The smallest absolute Gasteiger partial charge is 0.161 e. The van der Waals surface area contributed by atoms with Crippen LogP contribution in [0.1, 0.15) is 0 Å². The van der Waals surface area contributed by atoms with E-state index in [-0.39, 0.29) is 13.2 Å². The molecule has 0 heterocycles. The van der Waals surface area contributed by atoms with Gasteiger partial charge in [-0.15, -0.1) is 0 Å². The molecule has 0 aliphatic heterocycles. The molecule has 0 saturated carbocycles. The molecular formula is C34H56O14. The Morgan fingerprint density at radius 3 is 0.792 bits per heavy atom. The van der Waals surface area contributed by atoms with Gasteiger partial charge in [-0.25, -0.2) is 0 Å². The summed E-state index contributed by atoms with van der Waals surface area (Å²) in [5.74, 6) is 1.30. The van der Waals surface area contributed by atoms with Crippen LogP contribution >= 0.6 is 0 Å². The molecule has 2 aromatic rings. The van der Waals surface area contributed by atoms with Crippen LogP contribution < -0.4 is 9.47 Å². The van der Waals surface area contributed by atoms with E-state index in [1.54, 1.807) is 0 Å². The van der Waals surface area contributed by atoms with Crippen LogP contribution in [-0.4, -0.2) is 169 Å². The second-order valence-electron chi connectivity index (χ2n) is 9.91. The van der Waals surface area contributed by atoms with Crippen molar-refractivity contribution in [1.29, 1.82) is 0 Å². The number of ether oxygens (including phenoxy) is 12. The number of benzene rings is 2. The predicted octanol–water partition coefficient (Wildman–Crippen LogP) is 1.75. The highest BCUT2D eigenvalue weighted by molar-refractivity contribution is 5.86. The minimum absolute atomic E-state index is 0.0165. The lowest BCUT2D eigenvalue weighted by molar-refractivity contribution is -0.0151. The first-order valence-corrected chi connectivity index (χ1v) is 16.6. The standard InChI is InChI=1S/C34H56O14/c35-5-7-37-9-11-39-13-15-41-17-19-43-21-23-45-25-27-47-33-29-31-3-1-2-4-32(31)30-34(33)48-28-26-46-24-22-44-20-18-42-16-14-40-12-10-38-8-6-36/h1-4,29-30,35-36H,5-28H2. The van der Waals surface area contributed by atoms with Crippen LogP contribution in [0.25, 0.3) is 10.8 Å². The molecule has 2 N–H and O–H groups in total. The van der Waals surface area contributed by atoms with Gasteiger partial charge in [-0.1, -0.05) is 24.3 Å². The van der Waals surface area contributed by atoms with Gasteiger partial charge in [0.25, 0.3) is 0 Å². The van der Waals surface area contributed by atoms with Gasteiger partial charge in [0.05, 0.1) is 145 Å². The molecule has 0 bridgehead atoms. The molecule has 48 heavy (non-hydrogen) atoms. The van der Waals surface area contributed by atoms with Gasteiger partial charge in [0.1, 0.15) is 13.2 Å². The molecule has 14 heteroatoms. The number of hydrogen-bond donors (Lipinski definition) is 2. The molecule has 0 amide bonds. The summed E-state index contributed by atoms with van der Waals surface area (Å²) >= 11 is 0. The molecule has 276 valence electrons. The summed E-state index contributed by atoms with van der Waals surface area (Å²) in [7, 11) is 0. The van der Waals surface area contributed by atoms with Crippen LogP contribution in [0.15, 0.2) is 36.4 Å². The predicted molar refractivity (Wildman–Crippen MR) is 177 cm³/mol. The van der Waals surface area contributed by atoms with Gasteiger partial charge in [-0.05, 0) is 22.9 Å². The van der Waals surface area contributed by atoms with Crippen molar-refractivity contribution in [2.24, 2.45) is 0 Å². The number of fused-ring (bicyclic) bond motifs is 1. The minimum atomic E-state index is 0.0165. The van der Waals surface area contributed by atoms with Gasteiger partial charge in [0.2, 0.25) is 0 Å². The Balaban J connectivity index is 1.47. The van der Waals surface area contributed by atoms with E-state index >= 15 is 0 Å². The Morgan fingerprint density at radius 2 is 0.542 bits per heavy atom. The van der Waals surface area contributed by atoms with Crippen LogP contribution in [-0.2, 0) is 47.4 Å². The van der Waals surface area contributed by atoms with Crippen molar-refractivity contribution < 1.29 is 67.1 Å². The summed E-state index contributed by atoms with van der Waals surface area (Å²) in [6, 6.07) is 12.0. The zero-order valence-electron chi connectivity index (χ0n) is 28.2. The minimum Gasteiger partial charge on any atom is -0.487 e. The molecule has 2 rings (SSSR count). The second kappa shape index (κ2) is 32.0. The Hall–Kier alpha value is -2.18. The van der Waals surface area contributed by atoms with Crippen molar-refractivity contribution in [3.05, 3.63) is 36.4 Å². The van der Waals surface area contributed by atoms with Crippen LogP contribution in [0.5, 0.6) is 11.5 Å². The van der Waals surface area contributed by atoms with Crippen molar-refractivity contribution in [3.63, 3.8) is 0 Å². The number of aliphatic hydroxyl groups is 2. The lowest BCUT2D eigenvalue weighted by atomic mass is 10.1.